The highest BCUT2D eigenvalue weighted by Gasteiger charge is 2.25. The third-order valence-electron chi connectivity index (χ3n) is 2.85. The number of rotatable bonds is 7. The lowest BCUT2D eigenvalue weighted by Crippen LogP contribution is -2.50. The molecule has 120 valence electrons. The van der Waals surface area contributed by atoms with Crippen LogP contribution in [0.1, 0.15) is 19.4 Å². The van der Waals surface area contributed by atoms with Gasteiger partial charge in [-0.2, -0.15) is 0 Å². The quantitative estimate of drug-likeness (QED) is 0.700. The normalized spacial score (nSPS) is 11.6. The van der Waals surface area contributed by atoms with Crippen LogP contribution in [0.2, 0.25) is 0 Å². The maximum absolute atomic E-state index is 11.9. The second-order valence-electron chi connectivity index (χ2n) is 5.04. The predicted molar refractivity (Wildman–Crippen MR) is 79.0 cm³/mol. The molecule has 3 N–H and O–H groups in total. The molecule has 7 nitrogen and oxygen atoms in total. The fourth-order valence-corrected chi connectivity index (χ4v) is 1.70. The number of alkyl carbamates (subject to hydrolysis) is 1. The summed E-state index contributed by atoms with van der Waals surface area (Å²) in [4.78, 5) is 34.0. The SMILES string of the molecule is CC(C)[C@@H](NC(=O)OCc1ccccc1)C(=O)NCC(=O)O. The van der Waals surface area contributed by atoms with Gasteiger partial charge in [0, 0.05) is 0 Å². The number of amides is 2. The molecule has 0 saturated heterocycles. The Bertz CT molecular complexity index is 516. The van der Waals surface area contributed by atoms with Crippen molar-refractivity contribution in [3.63, 3.8) is 0 Å². The molecule has 0 saturated carbocycles. The van der Waals surface area contributed by atoms with Gasteiger partial charge in [-0.05, 0) is 11.5 Å². The summed E-state index contributed by atoms with van der Waals surface area (Å²) in [6.45, 7) is 3.07. The zero-order valence-electron chi connectivity index (χ0n) is 12.5. The maximum Gasteiger partial charge on any atom is 0.408 e. The van der Waals surface area contributed by atoms with E-state index >= 15 is 0 Å². The van der Waals surface area contributed by atoms with Crippen LogP contribution >= 0.6 is 0 Å². The van der Waals surface area contributed by atoms with Crippen LogP contribution in [-0.2, 0) is 20.9 Å². The standard InChI is InChI=1S/C15H20N2O5/c1-10(2)13(14(20)16-8-12(18)19)17-15(21)22-9-11-6-4-3-5-7-11/h3-7,10,13H,8-9H2,1-2H3,(H,16,20)(H,17,21)(H,18,19)/t13-/m1/s1. The summed E-state index contributed by atoms with van der Waals surface area (Å²) in [7, 11) is 0. The van der Waals surface area contributed by atoms with Crippen molar-refractivity contribution in [2.75, 3.05) is 6.54 Å². The lowest BCUT2D eigenvalue weighted by Gasteiger charge is -2.21. The largest absolute Gasteiger partial charge is 0.480 e. The molecule has 0 aliphatic carbocycles. The van der Waals surface area contributed by atoms with E-state index < -0.39 is 30.6 Å². The van der Waals surface area contributed by atoms with Gasteiger partial charge in [0.15, 0.2) is 0 Å². The molecule has 0 heterocycles. The first-order chi connectivity index (χ1) is 10.4. The van der Waals surface area contributed by atoms with Crippen LogP contribution in [0.25, 0.3) is 0 Å². The number of hydrogen-bond donors (Lipinski definition) is 3. The summed E-state index contributed by atoms with van der Waals surface area (Å²) in [5.41, 5.74) is 0.828. The van der Waals surface area contributed by atoms with Crippen molar-refractivity contribution in [2.45, 2.75) is 26.5 Å². The van der Waals surface area contributed by atoms with E-state index in [9.17, 15) is 14.4 Å². The highest BCUT2D eigenvalue weighted by Crippen LogP contribution is 2.04. The van der Waals surface area contributed by atoms with Crippen molar-refractivity contribution < 1.29 is 24.2 Å². The van der Waals surface area contributed by atoms with Crippen molar-refractivity contribution in [3.8, 4) is 0 Å². The topological polar surface area (TPSA) is 105 Å². The Kier molecular flexibility index (Phi) is 6.88. The van der Waals surface area contributed by atoms with Crippen molar-refractivity contribution in [1.29, 1.82) is 0 Å². The molecule has 0 aromatic heterocycles. The minimum atomic E-state index is -1.15. The average molecular weight is 308 g/mol. The van der Waals surface area contributed by atoms with Crippen molar-refractivity contribution in [3.05, 3.63) is 35.9 Å². The van der Waals surface area contributed by atoms with Gasteiger partial charge in [-0.3, -0.25) is 9.59 Å². The first kappa shape index (κ1) is 17.5. The molecule has 22 heavy (non-hydrogen) atoms. The van der Waals surface area contributed by atoms with Gasteiger partial charge < -0.3 is 20.5 Å². The number of carboxylic acids is 1. The van der Waals surface area contributed by atoms with Crippen LogP contribution < -0.4 is 10.6 Å². The average Bonchev–Trinajstić information content (AvgIpc) is 2.49. The first-order valence-electron chi connectivity index (χ1n) is 6.87. The van der Waals surface area contributed by atoms with E-state index in [0.29, 0.717) is 0 Å². The molecule has 7 heteroatoms. The molecule has 1 aromatic rings. The van der Waals surface area contributed by atoms with E-state index in [4.69, 9.17) is 9.84 Å². The molecule has 0 spiro atoms. The third-order valence-corrected chi connectivity index (χ3v) is 2.85. The van der Waals surface area contributed by atoms with Crippen molar-refractivity contribution >= 4 is 18.0 Å². The molecule has 0 fully saturated rings. The summed E-state index contributed by atoms with van der Waals surface area (Å²) in [6.07, 6.45) is -0.729. The van der Waals surface area contributed by atoms with Crippen LogP contribution in [0.4, 0.5) is 4.79 Å². The molecule has 2 amide bonds. The Morgan fingerprint density at radius 3 is 2.36 bits per heavy atom. The molecule has 0 radical (unpaired) electrons. The molecule has 0 aliphatic heterocycles. The zero-order valence-corrected chi connectivity index (χ0v) is 12.5. The number of aliphatic carboxylic acids is 1. The molecule has 1 atom stereocenters. The maximum atomic E-state index is 11.9. The lowest BCUT2D eigenvalue weighted by molar-refractivity contribution is -0.138. The van der Waals surface area contributed by atoms with Gasteiger partial charge in [-0.15, -0.1) is 0 Å². The number of carboxylic acid groups (broad SMARTS) is 1. The van der Waals surface area contributed by atoms with Crippen LogP contribution in [0.15, 0.2) is 30.3 Å². The van der Waals surface area contributed by atoms with Crippen molar-refractivity contribution in [1.82, 2.24) is 10.6 Å². The minimum Gasteiger partial charge on any atom is -0.480 e. The van der Waals surface area contributed by atoms with E-state index in [0.717, 1.165) is 5.56 Å². The van der Waals surface area contributed by atoms with Gasteiger partial charge >= 0.3 is 12.1 Å². The van der Waals surface area contributed by atoms with Gasteiger partial charge in [0.05, 0.1) is 0 Å². The molecule has 0 unspecified atom stereocenters. The van der Waals surface area contributed by atoms with Gasteiger partial charge in [0.25, 0.3) is 0 Å². The molecular formula is C15H20N2O5. The highest BCUT2D eigenvalue weighted by atomic mass is 16.5. The Hall–Kier alpha value is -2.57. The summed E-state index contributed by atoms with van der Waals surface area (Å²) in [5.74, 6) is -1.92. The molecular weight excluding hydrogens is 288 g/mol. The molecule has 1 rings (SSSR count). The number of hydrogen-bond acceptors (Lipinski definition) is 4. The highest BCUT2D eigenvalue weighted by molar-refractivity contribution is 5.88. The lowest BCUT2D eigenvalue weighted by atomic mass is 10.0. The fraction of sp³-hybridized carbons (Fsp3) is 0.400. The number of benzene rings is 1. The van der Waals surface area contributed by atoms with Crippen LogP contribution in [0.3, 0.4) is 0 Å². The number of carbonyl (C=O) groups is 3. The monoisotopic (exact) mass is 308 g/mol. The van der Waals surface area contributed by atoms with E-state index in [1.54, 1.807) is 13.8 Å². The van der Waals surface area contributed by atoms with E-state index in [1.807, 2.05) is 30.3 Å². The van der Waals surface area contributed by atoms with Crippen molar-refractivity contribution in [2.24, 2.45) is 5.92 Å². The molecule has 0 aliphatic rings. The van der Waals surface area contributed by atoms with Gasteiger partial charge in [-0.25, -0.2) is 4.79 Å². The summed E-state index contributed by atoms with van der Waals surface area (Å²) in [6, 6.07) is 8.27. The number of carbonyl (C=O) groups excluding carboxylic acids is 2. The third kappa shape index (κ3) is 6.25. The summed E-state index contributed by atoms with van der Waals surface area (Å²) < 4.78 is 5.04. The zero-order chi connectivity index (χ0) is 16.5. The van der Waals surface area contributed by atoms with E-state index in [2.05, 4.69) is 10.6 Å². The summed E-state index contributed by atoms with van der Waals surface area (Å²) >= 11 is 0. The van der Waals surface area contributed by atoms with Gasteiger partial charge in [0.2, 0.25) is 5.91 Å². The smallest absolute Gasteiger partial charge is 0.408 e. The van der Waals surface area contributed by atoms with Gasteiger partial charge in [-0.1, -0.05) is 44.2 Å². The van der Waals surface area contributed by atoms with Crippen LogP contribution in [-0.4, -0.2) is 35.7 Å². The number of nitrogens with one attached hydrogen (secondary N) is 2. The predicted octanol–water partition coefficient (Wildman–Crippen LogP) is 1.14. The Balaban J connectivity index is 2.50. The number of ether oxygens (including phenoxy) is 1. The fourth-order valence-electron chi connectivity index (χ4n) is 1.70. The van der Waals surface area contributed by atoms with E-state index in [-0.39, 0.29) is 12.5 Å². The second kappa shape index (κ2) is 8.66. The van der Waals surface area contributed by atoms with Crippen LogP contribution in [0, 0.1) is 5.92 Å². The molecule has 1 aromatic carbocycles. The second-order valence-corrected chi connectivity index (χ2v) is 5.04. The summed E-state index contributed by atoms with van der Waals surface area (Å²) in [5, 5.41) is 13.2. The Morgan fingerprint density at radius 1 is 1.18 bits per heavy atom. The minimum absolute atomic E-state index is 0.0915. The Labute approximate surface area is 128 Å². The van der Waals surface area contributed by atoms with Crippen LogP contribution in [0.5, 0.6) is 0 Å². The Morgan fingerprint density at radius 2 is 1.82 bits per heavy atom. The van der Waals surface area contributed by atoms with E-state index in [1.165, 1.54) is 0 Å². The van der Waals surface area contributed by atoms with Gasteiger partial charge in [0.1, 0.15) is 19.2 Å². The molecule has 0 bridgehead atoms. The first-order valence-corrected chi connectivity index (χ1v) is 6.87.